The minimum atomic E-state index is -4.94. The first kappa shape index (κ1) is 31.0. The lowest BCUT2D eigenvalue weighted by Gasteiger charge is -2.48. The molecule has 0 aromatic heterocycles. The summed E-state index contributed by atoms with van der Waals surface area (Å²) in [4.78, 5) is 30.0. The summed E-state index contributed by atoms with van der Waals surface area (Å²) < 4.78 is 69.6. The lowest BCUT2D eigenvalue weighted by molar-refractivity contribution is -0.140. The fourth-order valence-electron chi connectivity index (χ4n) is 7.60. The number of aryl methyl sites for hydroxylation is 1. The second kappa shape index (κ2) is 12.4. The van der Waals surface area contributed by atoms with E-state index in [1.807, 2.05) is 24.3 Å². The summed E-state index contributed by atoms with van der Waals surface area (Å²) in [6.45, 7) is 1.67. The van der Waals surface area contributed by atoms with E-state index in [2.05, 4.69) is 10.6 Å². The Morgan fingerprint density at radius 2 is 1.56 bits per heavy atom. The smallest absolute Gasteiger partial charge is 0.382 e. The molecule has 6 rings (SSSR count). The normalized spacial score (nSPS) is 23.6. The van der Waals surface area contributed by atoms with Gasteiger partial charge in [0.25, 0.3) is 5.91 Å². The average Bonchev–Trinajstić information content (AvgIpc) is 3.69. The first-order valence-corrected chi connectivity index (χ1v) is 15.6. The molecule has 4 atom stereocenters. The van der Waals surface area contributed by atoms with Gasteiger partial charge in [-0.05, 0) is 92.5 Å². The molecule has 238 valence electrons. The molecule has 5 nitrogen and oxygen atoms in total. The molecule has 3 aromatic rings. The van der Waals surface area contributed by atoms with Crippen LogP contribution in [0.5, 0.6) is 0 Å². The van der Waals surface area contributed by atoms with E-state index in [-0.39, 0.29) is 23.2 Å². The van der Waals surface area contributed by atoms with Gasteiger partial charge in [0.05, 0.1) is 23.1 Å². The van der Waals surface area contributed by atoms with Crippen LogP contribution < -0.4 is 10.6 Å². The lowest BCUT2D eigenvalue weighted by Crippen LogP contribution is -2.54. The Morgan fingerprint density at radius 1 is 0.844 bits per heavy atom. The van der Waals surface area contributed by atoms with Crippen LogP contribution in [0, 0.1) is 30.4 Å². The van der Waals surface area contributed by atoms with Crippen LogP contribution in [-0.2, 0) is 11.0 Å². The molecule has 2 N–H and O–H groups in total. The van der Waals surface area contributed by atoms with E-state index < -0.39 is 47.1 Å². The molecule has 45 heavy (non-hydrogen) atoms. The van der Waals surface area contributed by atoms with Crippen molar-refractivity contribution in [3.05, 3.63) is 94.6 Å². The van der Waals surface area contributed by atoms with Gasteiger partial charge in [0, 0.05) is 23.5 Å². The molecule has 0 bridgehead atoms. The maximum Gasteiger partial charge on any atom is 0.419 e. The Balaban J connectivity index is 1.39. The second-order valence-corrected chi connectivity index (χ2v) is 12.6. The van der Waals surface area contributed by atoms with Gasteiger partial charge >= 0.3 is 6.18 Å². The van der Waals surface area contributed by atoms with Crippen molar-refractivity contribution in [2.24, 2.45) is 11.8 Å². The van der Waals surface area contributed by atoms with E-state index in [1.54, 1.807) is 17.9 Å². The molecule has 0 radical (unpaired) electrons. The number of alkyl halides is 3. The highest BCUT2D eigenvalue weighted by Gasteiger charge is 2.50. The van der Waals surface area contributed by atoms with Gasteiger partial charge in [-0.1, -0.05) is 43.5 Å². The molecular weight excluding hydrogens is 589 g/mol. The van der Waals surface area contributed by atoms with Gasteiger partial charge < -0.3 is 15.5 Å². The number of fused-ring (bicyclic) bond motifs is 1. The number of amides is 2. The number of halogens is 5. The summed E-state index contributed by atoms with van der Waals surface area (Å²) in [5.41, 5.74) is 0.336. The van der Waals surface area contributed by atoms with Crippen molar-refractivity contribution in [1.82, 2.24) is 4.90 Å². The van der Waals surface area contributed by atoms with Crippen LogP contribution in [0.3, 0.4) is 0 Å². The van der Waals surface area contributed by atoms with Crippen molar-refractivity contribution < 1.29 is 31.5 Å². The van der Waals surface area contributed by atoms with Gasteiger partial charge in [0.15, 0.2) is 0 Å². The number of anilines is 2. The SMILES string of the molecule is Cc1cccc(F)c1C(=O)N1C2CCCC2CC(C(=O)Nc2ccc(F)c(C(F)(F)F)c2)C1c1ccc(NC2CCCC2)cc1. The van der Waals surface area contributed by atoms with Crippen LogP contribution in [0.1, 0.15) is 84.5 Å². The van der Waals surface area contributed by atoms with E-state index >= 15 is 4.39 Å². The molecule has 3 aliphatic rings. The standard InChI is InChI=1S/C35H36F5N3O2/c1-20-6-4-10-29(37)31(20)34(45)43-30-11-5-7-22(30)18-26(33(44)42-25-16-17-28(36)27(19-25)35(38,39)40)32(43)21-12-14-24(15-13-21)41-23-8-2-3-9-23/h4,6,10,12-17,19,22-23,26,30,32,41H,2-3,5,7-9,11,18H2,1H3,(H,42,44). The number of hydrogen-bond acceptors (Lipinski definition) is 3. The number of benzene rings is 3. The summed E-state index contributed by atoms with van der Waals surface area (Å²) in [5, 5.41) is 6.12. The molecule has 1 heterocycles. The summed E-state index contributed by atoms with van der Waals surface area (Å²) >= 11 is 0. The van der Waals surface area contributed by atoms with Crippen molar-refractivity contribution >= 4 is 23.2 Å². The summed E-state index contributed by atoms with van der Waals surface area (Å²) in [6.07, 6.45) is 2.25. The van der Waals surface area contributed by atoms with Crippen molar-refractivity contribution in [1.29, 1.82) is 0 Å². The topological polar surface area (TPSA) is 61.4 Å². The van der Waals surface area contributed by atoms with Crippen LogP contribution in [0.4, 0.5) is 33.3 Å². The van der Waals surface area contributed by atoms with Gasteiger partial charge in [-0.2, -0.15) is 13.2 Å². The molecule has 0 spiro atoms. The van der Waals surface area contributed by atoms with Crippen molar-refractivity contribution in [3.8, 4) is 0 Å². The fourth-order valence-corrected chi connectivity index (χ4v) is 7.60. The Hall–Kier alpha value is -3.95. The van der Waals surface area contributed by atoms with Crippen LogP contribution >= 0.6 is 0 Å². The van der Waals surface area contributed by atoms with E-state index in [9.17, 15) is 27.2 Å². The van der Waals surface area contributed by atoms with Gasteiger partial charge in [-0.3, -0.25) is 9.59 Å². The first-order chi connectivity index (χ1) is 21.5. The van der Waals surface area contributed by atoms with Gasteiger partial charge in [0.2, 0.25) is 5.91 Å². The predicted molar refractivity (Wildman–Crippen MR) is 162 cm³/mol. The third-order valence-electron chi connectivity index (χ3n) is 9.74. The maximum atomic E-state index is 15.2. The zero-order chi connectivity index (χ0) is 31.9. The number of hydrogen-bond donors (Lipinski definition) is 2. The minimum absolute atomic E-state index is 0.0460. The fraction of sp³-hybridized carbons (Fsp3) is 0.429. The molecule has 2 aliphatic carbocycles. The monoisotopic (exact) mass is 625 g/mol. The van der Waals surface area contributed by atoms with Gasteiger partial charge in [-0.15, -0.1) is 0 Å². The average molecular weight is 626 g/mol. The number of likely N-dealkylation sites (tertiary alicyclic amines) is 1. The van der Waals surface area contributed by atoms with Gasteiger partial charge in [-0.25, -0.2) is 8.78 Å². The zero-order valence-electron chi connectivity index (χ0n) is 25.0. The molecule has 2 amide bonds. The Morgan fingerprint density at radius 3 is 2.24 bits per heavy atom. The number of nitrogens with one attached hydrogen (secondary N) is 2. The molecule has 3 aromatic carbocycles. The third-order valence-corrected chi connectivity index (χ3v) is 9.74. The maximum absolute atomic E-state index is 15.2. The van der Waals surface area contributed by atoms with E-state index in [0.29, 0.717) is 42.1 Å². The highest BCUT2D eigenvalue weighted by atomic mass is 19.4. The quantitative estimate of drug-likeness (QED) is 0.270. The van der Waals surface area contributed by atoms with E-state index in [1.165, 1.54) is 25.0 Å². The summed E-state index contributed by atoms with van der Waals surface area (Å²) in [7, 11) is 0. The molecular formula is C35H36F5N3O2. The lowest BCUT2D eigenvalue weighted by atomic mass is 9.76. The number of rotatable bonds is 6. The molecule has 1 saturated heterocycles. The Kier molecular flexibility index (Phi) is 8.59. The Bertz CT molecular complexity index is 1550. The second-order valence-electron chi connectivity index (χ2n) is 12.6. The van der Waals surface area contributed by atoms with Crippen LogP contribution in [0.2, 0.25) is 0 Å². The number of carbonyl (C=O) groups excluding carboxylic acids is 2. The molecule has 3 fully saturated rings. The molecule has 10 heteroatoms. The number of piperidine rings is 1. The van der Waals surface area contributed by atoms with E-state index in [0.717, 1.165) is 37.4 Å². The van der Waals surface area contributed by atoms with E-state index in [4.69, 9.17) is 0 Å². The number of carbonyl (C=O) groups is 2. The van der Waals surface area contributed by atoms with Crippen LogP contribution in [0.15, 0.2) is 60.7 Å². The zero-order valence-corrected chi connectivity index (χ0v) is 25.0. The minimum Gasteiger partial charge on any atom is -0.382 e. The van der Waals surface area contributed by atoms with Crippen molar-refractivity contribution in [2.75, 3.05) is 10.6 Å². The molecule has 2 saturated carbocycles. The largest absolute Gasteiger partial charge is 0.419 e. The highest BCUT2D eigenvalue weighted by molar-refractivity contribution is 5.98. The molecule has 1 aliphatic heterocycles. The van der Waals surface area contributed by atoms with Crippen molar-refractivity contribution in [3.63, 3.8) is 0 Å². The highest BCUT2D eigenvalue weighted by Crippen LogP contribution is 2.49. The Labute approximate surface area is 259 Å². The van der Waals surface area contributed by atoms with Crippen molar-refractivity contribution in [2.45, 2.75) is 82.6 Å². The predicted octanol–water partition coefficient (Wildman–Crippen LogP) is 8.66. The first-order valence-electron chi connectivity index (χ1n) is 15.6. The third kappa shape index (κ3) is 6.29. The summed E-state index contributed by atoms with van der Waals surface area (Å²) in [6, 6.07) is 13.7. The molecule has 4 unspecified atom stereocenters. The number of nitrogens with zero attached hydrogens (tertiary/aromatic N) is 1. The summed E-state index contributed by atoms with van der Waals surface area (Å²) in [5.74, 6) is -4.08. The van der Waals surface area contributed by atoms with Crippen LogP contribution in [-0.4, -0.2) is 28.8 Å². The van der Waals surface area contributed by atoms with Crippen LogP contribution in [0.25, 0.3) is 0 Å². The van der Waals surface area contributed by atoms with Gasteiger partial charge in [0.1, 0.15) is 11.6 Å².